The number of halogens is 2. The molecule has 1 aromatic carbocycles. The van der Waals surface area contributed by atoms with E-state index in [0.717, 1.165) is 29.6 Å². The van der Waals surface area contributed by atoms with Crippen LogP contribution in [0.25, 0.3) is 0 Å². The first-order valence-corrected chi connectivity index (χ1v) is 7.93. The van der Waals surface area contributed by atoms with Crippen molar-refractivity contribution in [2.24, 2.45) is 10.9 Å². The van der Waals surface area contributed by atoms with Crippen molar-refractivity contribution in [1.29, 1.82) is 0 Å². The Kier molecular flexibility index (Phi) is 9.12. The van der Waals surface area contributed by atoms with Gasteiger partial charge in [-0.05, 0) is 44.0 Å². The van der Waals surface area contributed by atoms with Gasteiger partial charge in [-0.3, -0.25) is 4.99 Å². The van der Waals surface area contributed by atoms with Gasteiger partial charge < -0.3 is 15.5 Å². The fourth-order valence-corrected chi connectivity index (χ4v) is 2.92. The maximum atomic E-state index is 6.16. The minimum absolute atomic E-state index is 0. The van der Waals surface area contributed by atoms with Crippen LogP contribution in [0.1, 0.15) is 18.4 Å². The average Bonchev–Trinajstić information content (AvgIpc) is 2.49. The fraction of sp³-hybridized carbons (Fsp3) is 0.562. The lowest BCUT2D eigenvalue weighted by Crippen LogP contribution is -2.43. The number of nitrogens with zero attached hydrogens (tertiary/aromatic N) is 2. The number of benzene rings is 1. The lowest BCUT2D eigenvalue weighted by Gasteiger charge is -2.30. The van der Waals surface area contributed by atoms with Crippen molar-refractivity contribution in [3.63, 3.8) is 0 Å². The van der Waals surface area contributed by atoms with Gasteiger partial charge in [-0.2, -0.15) is 0 Å². The molecular weight excluding hydrogens is 411 g/mol. The SMILES string of the molecule is CN=C(NCc1ccccc1Cl)NCC1CCCN(C)C1.I. The largest absolute Gasteiger partial charge is 0.356 e. The molecule has 1 fully saturated rings. The Labute approximate surface area is 155 Å². The first-order valence-electron chi connectivity index (χ1n) is 7.55. The minimum atomic E-state index is 0. The summed E-state index contributed by atoms with van der Waals surface area (Å²) in [4.78, 5) is 6.67. The van der Waals surface area contributed by atoms with Gasteiger partial charge in [0.05, 0.1) is 0 Å². The number of rotatable bonds is 4. The normalized spacial score (nSPS) is 19.4. The second kappa shape index (κ2) is 10.3. The Morgan fingerprint density at radius 1 is 1.36 bits per heavy atom. The van der Waals surface area contributed by atoms with Crippen LogP contribution in [0, 0.1) is 5.92 Å². The summed E-state index contributed by atoms with van der Waals surface area (Å²) in [7, 11) is 3.99. The van der Waals surface area contributed by atoms with Gasteiger partial charge in [0, 0.05) is 31.7 Å². The van der Waals surface area contributed by atoms with Gasteiger partial charge in [0.2, 0.25) is 0 Å². The van der Waals surface area contributed by atoms with Crippen molar-refractivity contribution in [3.8, 4) is 0 Å². The zero-order chi connectivity index (χ0) is 15.1. The predicted octanol–water partition coefficient (Wildman–Crippen LogP) is 2.96. The maximum Gasteiger partial charge on any atom is 0.191 e. The second-order valence-corrected chi connectivity index (χ2v) is 6.08. The van der Waals surface area contributed by atoms with Crippen molar-refractivity contribution < 1.29 is 0 Å². The predicted molar refractivity (Wildman–Crippen MR) is 105 cm³/mol. The van der Waals surface area contributed by atoms with E-state index in [4.69, 9.17) is 11.6 Å². The number of piperidine rings is 1. The van der Waals surface area contributed by atoms with Crippen molar-refractivity contribution in [1.82, 2.24) is 15.5 Å². The van der Waals surface area contributed by atoms with Crippen LogP contribution in [0.15, 0.2) is 29.3 Å². The fourth-order valence-electron chi connectivity index (χ4n) is 2.72. The van der Waals surface area contributed by atoms with Crippen LogP contribution < -0.4 is 10.6 Å². The van der Waals surface area contributed by atoms with Gasteiger partial charge in [-0.1, -0.05) is 29.8 Å². The highest BCUT2D eigenvalue weighted by molar-refractivity contribution is 14.0. The zero-order valence-corrected chi connectivity index (χ0v) is 16.4. The molecule has 2 N–H and O–H groups in total. The molecule has 1 unspecified atom stereocenters. The monoisotopic (exact) mass is 436 g/mol. The van der Waals surface area contributed by atoms with Crippen molar-refractivity contribution in [3.05, 3.63) is 34.9 Å². The zero-order valence-electron chi connectivity index (χ0n) is 13.3. The van der Waals surface area contributed by atoms with Gasteiger partial charge in [0.25, 0.3) is 0 Å². The molecule has 22 heavy (non-hydrogen) atoms. The molecule has 0 aliphatic carbocycles. The third-order valence-corrected chi connectivity index (χ3v) is 4.28. The van der Waals surface area contributed by atoms with Crippen LogP contribution in [-0.4, -0.2) is 44.6 Å². The van der Waals surface area contributed by atoms with E-state index >= 15 is 0 Å². The standard InChI is InChI=1S/C16H25ClN4.HI/c1-18-16(19-10-13-6-5-9-21(2)12-13)20-11-14-7-3-4-8-15(14)17;/h3-4,7-8,13H,5-6,9-12H2,1-2H3,(H2,18,19,20);1H. The number of likely N-dealkylation sites (tertiary alicyclic amines) is 1. The smallest absolute Gasteiger partial charge is 0.191 e. The van der Waals surface area contributed by atoms with Crippen molar-refractivity contribution >= 4 is 41.5 Å². The topological polar surface area (TPSA) is 39.7 Å². The summed E-state index contributed by atoms with van der Waals surface area (Å²) in [5.41, 5.74) is 1.08. The molecule has 4 nitrogen and oxygen atoms in total. The van der Waals surface area contributed by atoms with Gasteiger partial charge in [0.15, 0.2) is 5.96 Å². The molecule has 0 saturated carbocycles. The summed E-state index contributed by atoms with van der Waals surface area (Å²) in [6.45, 7) is 4.03. The number of hydrogen-bond acceptors (Lipinski definition) is 2. The molecule has 1 aliphatic heterocycles. The molecule has 124 valence electrons. The lowest BCUT2D eigenvalue weighted by atomic mass is 9.99. The molecule has 0 aromatic heterocycles. The highest BCUT2D eigenvalue weighted by Crippen LogP contribution is 2.15. The molecule has 2 rings (SSSR count). The molecule has 0 radical (unpaired) electrons. The first-order chi connectivity index (χ1) is 10.2. The van der Waals surface area contributed by atoms with Gasteiger partial charge >= 0.3 is 0 Å². The molecule has 1 heterocycles. The first kappa shape index (κ1) is 19.5. The van der Waals surface area contributed by atoms with Crippen LogP contribution >= 0.6 is 35.6 Å². The third-order valence-electron chi connectivity index (χ3n) is 3.91. The maximum absolute atomic E-state index is 6.16. The Morgan fingerprint density at radius 2 is 2.14 bits per heavy atom. The average molecular weight is 437 g/mol. The van der Waals surface area contributed by atoms with Crippen molar-refractivity contribution in [2.45, 2.75) is 19.4 Å². The van der Waals surface area contributed by atoms with E-state index < -0.39 is 0 Å². The van der Waals surface area contributed by atoms with Crippen LogP contribution in [-0.2, 0) is 6.54 Å². The molecule has 1 atom stereocenters. The van der Waals surface area contributed by atoms with Crippen LogP contribution in [0.2, 0.25) is 5.02 Å². The molecular formula is C16H26ClIN4. The summed E-state index contributed by atoms with van der Waals surface area (Å²) in [5.74, 6) is 1.53. The Hall–Kier alpha value is -0.530. The van der Waals surface area contributed by atoms with Crippen LogP contribution in [0.3, 0.4) is 0 Å². The summed E-state index contributed by atoms with van der Waals surface area (Å²) in [6.07, 6.45) is 2.58. The summed E-state index contributed by atoms with van der Waals surface area (Å²) in [6, 6.07) is 7.88. The van der Waals surface area contributed by atoms with E-state index in [9.17, 15) is 0 Å². The van der Waals surface area contributed by atoms with E-state index in [0.29, 0.717) is 12.5 Å². The van der Waals surface area contributed by atoms with Gasteiger partial charge in [-0.25, -0.2) is 0 Å². The number of nitrogens with one attached hydrogen (secondary N) is 2. The van der Waals surface area contributed by atoms with Crippen LogP contribution in [0.5, 0.6) is 0 Å². The Bertz CT molecular complexity index is 481. The van der Waals surface area contributed by atoms with Crippen LogP contribution in [0.4, 0.5) is 0 Å². The number of aliphatic imine (C=N–C) groups is 1. The molecule has 6 heteroatoms. The highest BCUT2D eigenvalue weighted by Gasteiger charge is 2.17. The number of guanidine groups is 1. The summed E-state index contributed by atoms with van der Waals surface area (Å²) >= 11 is 6.16. The minimum Gasteiger partial charge on any atom is -0.356 e. The van der Waals surface area contributed by atoms with E-state index in [1.807, 2.05) is 24.3 Å². The van der Waals surface area contributed by atoms with E-state index in [-0.39, 0.29) is 24.0 Å². The molecule has 1 aromatic rings. The summed E-state index contributed by atoms with van der Waals surface area (Å²) < 4.78 is 0. The molecule has 1 saturated heterocycles. The Balaban J connectivity index is 0.00000242. The third kappa shape index (κ3) is 6.30. The lowest BCUT2D eigenvalue weighted by molar-refractivity contribution is 0.210. The summed E-state index contributed by atoms with van der Waals surface area (Å²) in [5, 5.41) is 7.52. The quantitative estimate of drug-likeness (QED) is 0.433. The Morgan fingerprint density at radius 3 is 2.82 bits per heavy atom. The second-order valence-electron chi connectivity index (χ2n) is 5.67. The van der Waals surface area contributed by atoms with Gasteiger partial charge in [0.1, 0.15) is 0 Å². The molecule has 1 aliphatic rings. The number of hydrogen-bond donors (Lipinski definition) is 2. The van der Waals surface area contributed by atoms with Gasteiger partial charge in [-0.15, -0.1) is 24.0 Å². The van der Waals surface area contributed by atoms with E-state index in [1.54, 1.807) is 7.05 Å². The molecule has 0 amide bonds. The highest BCUT2D eigenvalue weighted by atomic mass is 127. The van der Waals surface area contributed by atoms with E-state index in [2.05, 4.69) is 27.6 Å². The van der Waals surface area contributed by atoms with Crippen molar-refractivity contribution in [2.75, 3.05) is 33.7 Å². The molecule has 0 bridgehead atoms. The van der Waals surface area contributed by atoms with E-state index in [1.165, 1.54) is 19.4 Å². The molecule has 0 spiro atoms.